The van der Waals surface area contributed by atoms with Crippen LogP contribution in [0.1, 0.15) is 18.4 Å². The second-order valence-corrected chi connectivity index (χ2v) is 3.96. The van der Waals surface area contributed by atoms with E-state index in [2.05, 4.69) is 0 Å². The van der Waals surface area contributed by atoms with Gasteiger partial charge in [-0.2, -0.15) is 4.39 Å². The van der Waals surface area contributed by atoms with E-state index in [0.717, 1.165) is 18.4 Å². The number of rotatable bonds is 3. The Labute approximate surface area is 87.0 Å². The molecule has 2 rings (SSSR count). The van der Waals surface area contributed by atoms with E-state index < -0.39 is 11.6 Å². The molecule has 0 unspecified atom stereocenters. The predicted octanol–water partition coefficient (Wildman–Crippen LogP) is 1.96. The Morgan fingerprint density at radius 3 is 2.53 bits per heavy atom. The Hall–Kier alpha value is -1.16. The van der Waals surface area contributed by atoms with Crippen LogP contribution in [0.15, 0.2) is 12.1 Å². The molecular formula is C11H13F2NO. The second kappa shape index (κ2) is 3.45. The van der Waals surface area contributed by atoms with E-state index in [4.69, 9.17) is 10.5 Å². The molecule has 4 heteroatoms. The summed E-state index contributed by atoms with van der Waals surface area (Å²) in [4.78, 5) is 0. The first-order valence-electron chi connectivity index (χ1n) is 4.86. The van der Waals surface area contributed by atoms with Crippen molar-refractivity contribution in [2.45, 2.75) is 18.3 Å². The monoisotopic (exact) mass is 213 g/mol. The fraction of sp³-hybridized carbons (Fsp3) is 0.455. The van der Waals surface area contributed by atoms with Crippen LogP contribution in [0.2, 0.25) is 0 Å². The summed E-state index contributed by atoms with van der Waals surface area (Å²) < 4.78 is 31.2. The molecule has 1 aliphatic rings. The smallest absolute Gasteiger partial charge is 0.200 e. The second-order valence-electron chi connectivity index (χ2n) is 3.96. The predicted molar refractivity (Wildman–Crippen MR) is 52.9 cm³/mol. The first-order valence-corrected chi connectivity index (χ1v) is 4.86. The zero-order valence-corrected chi connectivity index (χ0v) is 8.52. The molecule has 0 atom stereocenters. The molecule has 0 spiro atoms. The summed E-state index contributed by atoms with van der Waals surface area (Å²) >= 11 is 0. The van der Waals surface area contributed by atoms with Gasteiger partial charge < -0.3 is 10.5 Å². The highest BCUT2D eigenvalue weighted by Gasteiger charge is 2.43. The Bertz CT molecular complexity index is 388. The largest absolute Gasteiger partial charge is 0.494 e. The molecule has 1 aliphatic carbocycles. The lowest BCUT2D eigenvalue weighted by Gasteiger charge is -2.14. The van der Waals surface area contributed by atoms with Crippen LogP contribution in [0, 0.1) is 11.6 Å². The molecule has 15 heavy (non-hydrogen) atoms. The lowest BCUT2D eigenvalue weighted by atomic mass is 9.96. The molecular weight excluding hydrogens is 200 g/mol. The Morgan fingerprint density at radius 2 is 2.07 bits per heavy atom. The van der Waals surface area contributed by atoms with Crippen LogP contribution in [0.4, 0.5) is 8.78 Å². The van der Waals surface area contributed by atoms with E-state index in [-0.39, 0.29) is 11.2 Å². The average molecular weight is 213 g/mol. The highest BCUT2D eigenvalue weighted by molar-refractivity contribution is 5.39. The third-order valence-corrected chi connectivity index (χ3v) is 3.07. The summed E-state index contributed by atoms with van der Waals surface area (Å²) in [5.41, 5.74) is 6.21. The highest BCUT2D eigenvalue weighted by atomic mass is 19.2. The number of halogens is 2. The van der Waals surface area contributed by atoms with Gasteiger partial charge in [-0.15, -0.1) is 0 Å². The zero-order valence-electron chi connectivity index (χ0n) is 8.52. The summed E-state index contributed by atoms with van der Waals surface area (Å²) in [5.74, 6) is -1.86. The number of methoxy groups -OCH3 is 1. The minimum atomic E-state index is -0.936. The Balaban J connectivity index is 2.46. The van der Waals surface area contributed by atoms with Gasteiger partial charge in [-0.05, 0) is 30.5 Å². The maximum absolute atomic E-state index is 13.2. The maximum atomic E-state index is 13.2. The molecule has 0 amide bonds. The van der Waals surface area contributed by atoms with E-state index in [0.29, 0.717) is 6.54 Å². The van der Waals surface area contributed by atoms with Crippen LogP contribution in [-0.4, -0.2) is 13.7 Å². The molecule has 1 aromatic rings. The van der Waals surface area contributed by atoms with Crippen LogP contribution < -0.4 is 10.5 Å². The van der Waals surface area contributed by atoms with E-state index in [9.17, 15) is 8.78 Å². The maximum Gasteiger partial charge on any atom is 0.200 e. The molecule has 1 saturated carbocycles. The van der Waals surface area contributed by atoms with Crippen molar-refractivity contribution in [1.82, 2.24) is 0 Å². The topological polar surface area (TPSA) is 35.2 Å². The van der Waals surface area contributed by atoms with Crippen LogP contribution in [0.5, 0.6) is 5.75 Å². The quantitative estimate of drug-likeness (QED) is 0.833. The van der Waals surface area contributed by atoms with E-state index in [1.807, 2.05) is 0 Å². The van der Waals surface area contributed by atoms with Crippen LogP contribution in [-0.2, 0) is 5.41 Å². The van der Waals surface area contributed by atoms with Crippen LogP contribution in [0.25, 0.3) is 0 Å². The SMILES string of the molecule is COc1cc(C2(CN)CC2)cc(F)c1F. The van der Waals surface area contributed by atoms with E-state index >= 15 is 0 Å². The number of ether oxygens (including phenoxy) is 1. The van der Waals surface area contributed by atoms with Gasteiger partial charge in [0.25, 0.3) is 0 Å². The zero-order chi connectivity index (χ0) is 11.1. The number of hydrogen-bond acceptors (Lipinski definition) is 2. The summed E-state index contributed by atoms with van der Waals surface area (Å²) in [7, 11) is 1.32. The molecule has 0 radical (unpaired) electrons. The van der Waals surface area contributed by atoms with Gasteiger partial charge in [0.1, 0.15) is 0 Å². The van der Waals surface area contributed by atoms with Crippen molar-refractivity contribution in [1.29, 1.82) is 0 Å². The van der Waals surface area contributed by atoms with Crippen molar-refractivity contribution < 1.29 is 13.5 Å². The standard InChI is InChI=1S/C11H13F2NO/c1-15-9-5-7(4-8(12)10(9)13)11(6-14)2-3-11/h4-5H,2-3,6,14H2,1H3. The Kier molecular flexibility index (Phi) is 2.38. The third kappa shape index (κ3) is 1.59. The van der Waals surface area contributed by atoms with Gasteiger partial charge in [0.2, 0.25) is 5.82 Å². The summed E-state index contributed by atoms with van der Waals surface area (Å²) in [6, 6.07) is 2.76. The normalized spacial score (nSPS) is 17.6. The molecule has 1 aromatic carbocycles. The van der Waals surface area contributed by atoms with E-state index in [1.165, 1.54) is 19.2 Å². The molecule has 0 heterocycles. The number of hydrogen-bond donors (Lipinski definition) is 1. The minimum absolute atomic E-state index is 0.0512. The fourth-order valence-corrected chi connectivity index (χ4v) is 1.78. The highest BCUT2D eigenvalue weighted by Crippen LogP contribution is 2.48. The van der Waals surface area contributed by atoms with Crippen molar-refractivity contribution in [3.63, 3.8) is 0 Å². The molecule has 0 saturated heterocycles. The molecule has 82 valence electrons. The van der Waals surface area contributed by atoms with Crippen molar-refractivity contribution in [2.75, 3.05) is 13.7 Å². The Morgan fingerprint density at radius 1 is 1.40 bits per heavy atom. The molecule has 2 nitrogen and oxygen atoms in total. The van der Waals surface area contributed by atoms with Crippen molar-refractivity contribution in [3.05, 3.63) is 29.3 Å². The van der Waals surface area contributed by atoms with Gasteiger partial charge in [0.05, 0.1) is 7.11 Å². The van der Waals surface area contributed by atoms with Crippen LogP contribution >= 0.6 is 0 Å². The van der Waals surface area contributed by atoms with Gasteiger partial charge >= 0.3 is 0 Å². The van der Waals surface area contributed by atoms with E-state index in [1.54, 1.807) is 0 Å². The molecule has 0 bridgehead atoms. The average Bonchev–Trinajstić information content (AvgIpc) is 3.02. The first-order chi connectivity index (χ1) is 7.13. The van der Waals surface area contributed by atoms with Crippen molar-refractivity contribution in [2.24, 2.45) is 5.73 Å². The van der Waals surface area contributed by atoms with Gasteiger partial charge in [-0.3, -0.25) is 0 Å². The summed E-state index contributed by atoms with van der Waals surface area (Å²) in [6.45, 7) is 0.460. The van der Waals surface area contributed by atoms with Gasteiger partial charge in [0, 0.05) is 12.0 Å². The molecule has 0 aliphatic heterocycles. The van der Waals surface area contributed by atoms with Crippen molar-refractivity contribution in [3.8, 4) is 5.75 Å². The lowest BCUT2D eigenvalue weighted by Crippen LogP contribution is -2.20. The molecule has 1 fully saturated rings. The number of nitrogens with two attached hydrogens (primary N) is 1. The summed E-state index contributed by atoms with van der Waals surface area (Å²) in [5, 5.41) is 0. The minimum Gasteiger partial charge on any atom is -0.494 e. The van der Waals surface area contributed by atoms with Crippen LogP contribution in [0.3, 0.4) is 0 Å². The molecule has 0 aromatic heterocycles. The summed E-state index contributed by atoms with van der Waals surface area (Å²) in [6.07, 6.45) is 1.86. The first kappa shape index (κ1) is 10.4. The fourth-order valence-electron chi connectivity index (χ4n) is 1.78. The van der Waals surface area contributed by atoms with Gasteiger partial charge in [0.15, 0.2) is 11.6 Å². The lowest BCUT2D eigenvalue weighted by molar-refractivity contribution is 0.370. The van der Waals surface area contributed by atoms with Crippen molar-refractivity contribution >= 4 is 0 Å². The molecule has 2 N–H and O–H groups in total. The van der Waals surface area contributed by atoms with Gasteiger partial charge in [-0.25, -0.2) is 4.39 Å². The third-order valence-electron chi connectivity index (χ3n) is 3.07. The number of benzene rings is 1. The van der Waals surface area contributed by atoms with Gasteiger partial charge in [-0.1, -0.05) is 0 Å².